The van der Waals surface area contributed by atoms with Crippen molar-refractivity contribution in [3.8, 4) is 0 Å². The summed E-state index contributed by atoms with van der Waals surface area (Å²) in [5.74, 6) is -7.02. The number of amides is 2. The van der Waals surface area contributed by atoms with E-state index in [1.54, 1.807) is 18.2 Å². The molecule has 2 aliphatic rings. The van der Waals surface area contributed by atoms with Crippen LogP contribution in [0.2, 0.25) is 15.1 Å². The Kier molecular flexibility index (Phi) is 5.85. The van der Waals surface area contributed by atoms with Gasteiger partial charge < -0.3 is 10.6 Å². The van der Waals surface area contributed by atoms with Crippen molar-refractivity contribution >= 4 is 81.2 Å². The van der Waals surface area contributed by atoms with E-state index in [1.165, 1.54) is 18.2 Å². The van der Waals surface area contributed by atoms with E-state index >= 15 is 0 Å². The zero-order valence-corrected chi connectivity index (χ0v) is 19.1. The number of alkyl halides is 4. The predicted molar refractivity (Wildman–Crippen MR) is 119 cm³/mol. The first kappa shape index (κ1) is 22.9. The Bertz CT molecular complexity index is 1070. The predicted octanol–water partition coefficient (Wildman–Crippen LogP) is 6.77. The van der Waals surface area contributed by atoms with Crippen molar-refractivity contribution < 1.29 is 18.4 Å². The van der Waals surface area contributed by atoms with E-state index in [4.69, 9.17) is 58.0 Å². The summed E-state index contributed by atoms with van der Waals surface area (Å²) in [7, 11) is 0. The maximum absolute atomic E-state index is 13.1. The van der Waals surface area contributed by atoms with Crippen LogP contribution in [0.25, 0.3) is 0 Å². The monoisotopic (exact) mass is 526 g/mol. The third-order valence-corrected chi connectivity index (χ3v) is 6.92. The Morgan fingerprint density at radius 1 is 0.935 bits per heavy atom. The molecule has 2 fully saturated rings. The van der Waals surface area contributed by atoms with E-state index in [-0.39, 0.29) is 16.4 Å². The Hall–Kier alpha value is -1.31. The van der Waals surface area contributed by atoms with Gasteiger partial charge in [0.1, 0.15) is 10.3 Å². The fourth-order valence-electron chi connectivity index (χ4n) is 3.46. The maximum atomic E-state index is 13.1. The number of benzene rings is 2. The summed E-state index contributed by atoms with van der Waals surface area (Å²) in [5.41, 5.74) is 1.01. The van der Waals surface area contributed by atoms with Crippen LogP contribution in [-0.2, 0) is 9.59 Å². The van der Waals surface area contributed by atoms with E-state index in [2.05, 4.69) is 10.6 Å². The normalized spacial score (nSPS) is 24.9. The van der Waals surface area contributed by atoms with Gasteiger partial charge in [0.05, 0.1) is 16.6 Å². The molecular weight excluding hydrogens is 515 g/mol. The smallest absolute Gasteiger partial charge is 0.260 e. The highest BCUT2D eigenvalue weighted by molar-refractivity contribution is 6.53. The molecular formula is C20H13Cl5F2N2O2. The van der Waals surface area contributed by atoms with Crippen LogP contribution in [0.5, 0.6) is 0 Å². The minimum absolute atomic E-state index is 0.101. The average Bonchev–Trinajstić information content (AvgIpc) is 3.47. The van der Waals surface area contributed by atoms with Gasteiger partial charge in [0.15, 0.2) is 0 Å². The summed E-state index contributed by atoms with van der Waals surface area (Å²) >= 11 is 30.8. The summed E-state index contributed by atoms with van der Waals surface area (Å²) < 4.78 is 24.8. The molecule has 11 heteroatoms. The Morgan fingerprint density at radius 2 is 1.55 bits per heavy atom. The van der Waals surface area contributed by atoms with Crippen LogP contribution >= 0.6 is 58.0 Å². The molecule has 31 heavy (non-hydrogen) atoms. The van der Waals surface area contributed by atoms with E-state index < -0.39 is 46.2 Å². The van der Waals surface area contributed by atoms with Crippen molar-refractivity contribution in [2.24, 2.45) is 11.8 Å². The molecule has 0 saturated heterocycles. The lowest BCUT2D eigenvalue weighted by atomic mass is 10.1. The zero-order valence-electron chi connectivity index (χ0n) is 15.4. The lowest BCUT2D eigenvalue weighted by molar-refractivity contribution is -0.119. The molecule has 2 amide bonds. The second kappa shape index (κ2) is 7.92. The number of anilines is 2. The van der Waals surface area contributed by atoms with Gasteiger partial charge in [-0.3, -0.25) is 9.59 Å². The lowest BCUT2D eigenvalue weighted by Gasteiger charge is -2.11. The number of halogens is 7. The molecule has 2 aliphatic carbocycles. The molecule has 2 aromatic carbocycles. The molecule has 4 rings (SSSR count). The Labute approximate surface area is 201 Å². The topological polar surface area (TPSA) is 58.2 Å². The second-order valence-corrected chi connectivity index (χ2v) is 10.2. The van der Waals surface area contributed by atoms with Crippen molar-refractivity contribution in [2.45, 2.75) is 22.6 Å². The highest BCUT2D eigenvalue weighted by Gasteiger charge is 2.67. The minimum atomic E-state index is -3.00. The summed E-state index contributed by atoms with van der Waals surface area (Å²) in [6.45, 7) is 0. The van der Waals surface area contributed by atoms with Crippen LogP contribution in [0.1, 0.15) is 17.9 Å². The number of carbonyl (C=O) groups excluding carboxylic acids is 2. The van der Waals surface area contributed by atoms with Crippen molar-refractivity contribution in [3.05, 3.63) is 57.0 Å². The standard InChI is InChI=1S/C20H13Cl5F2N2O2/c21-9-3-8(4-10(22)5-9)15-16(20(15,24)25)18(31)28-11-1-2-13(23)14(6-11)29-17(30)12-7-19(12,26)27/h1-6,12,15-16H,7H2,(H,28,31)(H,29,30)/t12-,15+,16-/m1/s1. The third kappa shape index (κ3) is 4.60. The van der Waals surface area contributed by atoms with E-state index in [0.29, 0.717) is 15.6 Å². The third-order valence-electron chi connectivity index (χ3n) is 5.21. The number of hydrogen-bond donors (Lipinski definition) is 2. The first-order valence-electron chi connectivity index (χ1n) is 9.03. The minimum Gasteiger partial charge on any atom is -0.326 e. The molecule has 4 nitrogen and oxygen atoms in total. The summed E-state index contributed by atoms with van der Waals surface area (Å²) in [6, 6.07) is 9.11. The molecule has 2 saturated carbocycles. The first-order chi connectivity index (χ1) is 14.4. The number of nitrogens with one attached hydrogen (secondary N) is 2. The van der Waals surface area contributed by atoms with E-state index in [1.807, 2.05) is 0 Å². The Balaban J connectivity index is 1.48. The van der Waals surface area contributed by atoms with Crippen LogP contribution in [-0.4, -0.2) is 22.1 Å². The molecule has 0 unspecified atom stereocenters. The number of rotatable bonds is 5. The van der Waals surface area contributed by atoms with Gasteiger partial charge in [-0.25, -0.2) is 8.78 Å². The number of carbonyl (C=O) groups is 2. The maximum Gasteiger partial charge on any atom is 0.260 e. The van der Waals surface area contributed by atoms with Crippen molar-refractivity contribution in [2.75, 3.05) is 10.6 Å². The zero-order chi connectivity index (χ0) is 22.7. The highest BCUT2D eigenvalue weighted by atomic mass is 35.5. The van der Waals surface area contributed by atoms with Crippen molar-refractivity contribution in [1.29, 1.82) is 0 Å². The molecule has 0 heterocycles. The van der Waals surface area contributed by atoms with Gasteiger partial charge >= 0.3 is 0 Å². The van der Waals surface area contributed by atoms with Crippen molar-refractivity contribution in [3.63, 3.8) is 0 Å². The molecule has 2 N–H and O–H groups in total. The molecule has 0 aromatic heterocycles. The Morgan fingerprint density at radius 3 is 2.13 bits per heavy atom. The van der Waals surface area contributed by atoms with Gasteiger partial charge in [-0.2, -0.15) is 0 Å². The van der Waals surface area contributed by atoms with Gasteiger partial charge in [-0.05, 0) is 42.0 Å². The molecule has 0 aliphatic heterocycles. The van der Waals surface area contributed by atoms with E-state index in [0.717, 1.165) is 0 Å². The van der Waals surface area contributed by atoms with E-state index in [9.17, 15) is 18.4 Å². The van der Waals surface area contributed by atoms with Crippen LogP contribution in [0.15, 0.2) is 36.4 Å². The lowest BCUT2D eigenvalue weighted by Crippen LogP contribution is -2.19. The van der Waals surface area contributed by atoms with Crippen LogP contribution in [0, 0.1) is 11.8 Å². The molecule has 164 valence electrons. The molecule has 0 spiro atoms. The van der Waals surface area contributed by atoms with Gasteiger partial charge in [0.25, 0.3) is 5.92 Å². The fraction of sp³-hybridized carbons (Fsp3) is 0.300. The van der Waals surface area contributed by atoms with Gasteiger partial charge in [0, 0.05) is 28.1 Å². The van der Waals surface area contributed by atoms with Gasteiger partial charge in [0.2, 0.25) is 11.8 Å². The second-order valence-electron chi connectivity index (χ2n) is 7.52. The quantitative estimate of drug-likeness (QED) is 0.421. The number of hydrogen-bond acceptors (Lipinski definition) is 2. The van der Waals surface area contributed by atoms with Gasteiger partial charge in [-0.1, -0.05) is 34.8 Å². The largest absolute Gasteiger partial charge is 0.326 e. The molecule has 0 radical (unpaired) electrons. The van der Waals surface area contributed by atoms with Crippen LogP contribution in [0.3, 0.4) is 0 Å². The molecule has 3 atom stereocenters. The van der Waals surface area contributed by atoms with Crippen LogP contribution in [0.4, 0.5) is 20.2 Å². The van der Waals surface area contributed by atoms with Crippen molar-refractivity contribution in [1.82, 2.24) is 0 Å². The first-order valence-corrected chi connectivity index (χ1v) is 10.9. The summed E-state index contributed by atoms with van der Waals surface area (Å²) in [4.78, 5) is 24.7. The van der Waals surface area contributed by atoms with Crippen LogP contribution < -0.4 is 10.6 Å². The molecule has 0 bridgehead atoms. The summed E-state index contributed by atoms with van der Waals surface area (Å²) in [6.07, 6.45) is -0.503. The SMILES string of the molecule is O=C(Nc1cc(NC(=O)[C@H]2[C@H](c3cc(Cl)cc(Cl)c3)C2(Cl)Cl)ccc1Cl)[C@H]1CC1(F)F. The van der Waals surface area contributed by atoms with Gasteiger partial charge in [-0.15, -0.1) is 23.2 Å². The summed E-state index contributed by atoms with van der Waals surface area (Å²) in [5, 5.41) is 5.93. The fourth-order valence-corrected chi connectivity index (χ4v) is 4.99. The highest BCUT2D eigenvalue weighted by Crippen LogP contribution is 2.65. The average molecular weight is 529 g/mol. The molecule has 2 aromatic rings.